The molecule has 0 aliphatic heterocycles. The van der Waals surface area contributed by atoms with Crippen molar-refractivity contribution in [3.05, 3.63) is 108 Å². The van der Waals surface area contributed by atoms with Crippen LogP contribution in [0.15, 0.2) is 97.2 Å². The third kappa shape index (κ3) is 8.41. The zero-order chi connectivity index (χ0) is 30.1. The van der Waals surface area contributed by atoms with Crippen molar-refractivity contribution in [2.75, 3.05) is 23.4 Å². The van der Waals surface area contributed by atoms with Gasteiger partial charge in [-0.15, -0.1) is 0 Å². The van der Waals surface area contributed by atoms with E-state index >= 15 is 0 Å². The Labute approximate surface area is 244 Å². The van der Waals surface area contributed by atoms with E-state index in [2.05, 4.69) is 10.3 Å². The monoisotopic (exact) mass is 567 g/mol. The molecule has 1 heterocycles. The molecule has 4 aromatic rings. The summed E-state index contributed by atoms with van der Waals surface area (Å²) in [7, 11) is 0. The Morgan fingerprint density at radius 1 is 0.881 bits per heavy atom. The van der Waals surface area contributed by atoms with Crippen molar-refractivity contribution in [1.29, 1.82) is 0 Å². The minimum absolute atomic E-state index is 0.302. The number of amides is 2. The number of anilines is 2. The molecule has 0 aliphatic carbocycles. The van der Waals surface area contributed by atoms with Crippen molar-refractivity contribution in [1.82, 2.24) is 4.98 Å². The second-order valence-electron chi connectivity index (χ2n) is 10.5. The topological polar surface area (TPSA) is 118 Å². The van der Waals surface area contributed by atoms with Crippen LogP contribution in [0.4, 0.5) is 16.2 Å². The molecular formula is C33H33N3O6. The van der Waals surface area contributed by atoms with Gasteiger partial charge in [0.25, 0.3) is 5.91 Å². The fourth-order valence-corrected chi connectivity index (χ4v) is 4.15. The van der Waals surface area contributed by atoms with E-state index in [1.807, 2.05) is 51.1 Å². The molecule has 216 valence electrons. The van der Waals surface area contributed by atoms with Crippen LogP contribution in [0.25, 0.3) is 11.1 Å². The van der Waals surface area contributed by atoms with E-state index in [-0.39, 0.29) is 5.91 Å². The first-order chi connectivity index (χ1) is 20.1. The fourth-order valence-electron chi connectivity index (χ4n) is 4.15. The average Bonchev–Trinajstić information content (AvgIpc) is 2.97. The van der Waals surface area contributed by atoms with Crippen LogP contribution in [-0.2, 0) is 16.0 Å². The third-order valence-corrected chi connectivity index (χ3v) is 6.07. The Morgan fingerprint density at radius 3 is 2.21 bits per heavy atom. The first kappa shape index (κ1) is 29.8. The Balaban J connectivity index is 1.49. The van der Waals surface area contributed by atoms with Gasteiger partial charge in [0.15, 0.2) is 6.61 Å². The number of carboxylic acids is 1. The fraction of sp³-hybridized carbons (Fsp3) is 0.212. The molecule has 4 rings (SSSR count). The molecular weight excluding hydrogens is 534 g/mol. The maximum Gasteiger partial charge on any atom is 0.414 e. The van der Waals surface area contributed by atoms with Gasteiger partial charge in [0, 0.05) is 41.8 Å². The number of pyridine rings is 1. The molecule has 0 saturated carbocycles. The number of hydrogen-bond donors (Lipinski definition) is 2. The number of benzene rings is 3. The largest absolute Gasteiger partial charge is 0.482 e. The predicted octanol–water partition coefficient (Wildman–Crippen LogP) is 6.45. The second kappa shape index (κ2) is 13.5. The summed E-state index contributed by atoms with van der Waals surface area (Å²) in [5, 5.41) is 11.7. The van der Waals surface area contributed by atoms with Crippen LogP contribution < -0.4 is 15.0 Å². The summed E-state index contributed by atoms with van der Waals surface area (Å²) in [6.07, 6.45) is 1.79. The molecule has 3 aromatic carbocycles. The molecule has 0 fully saturated rings. The van der Waals surface area contributed by atoms with Gasteiger partial charge in [-0.1, -0.05) is 36.4 Å². The maximum atomic E-state index is 13.3. The molecule has 2 amide bonds. The summed E-state index contributed by atoms with van der Waals surface area (Å²) in [5.41, 5.74) is 3.34. The molecule has 2 N–H and O–H groups in total. The van der Waals surface area contributed by atoms with Gasteiger partial charge in [0.05, 0.1) is 0 Å². The minimum Gasteiger partial charge on any atom is -0.482 e. The standard InChI is InChI=1S/C33H33N3O6/c1-33(2,3)42-32(40)36(21-19-24-8-6-7-20-34-24)26-15-13-25(14-16-26)35-31(39)29-10-5-4-9-28(29)23-11-17-27(18-12-23)41-22-30(37)38/h4-18,20H,19,21-22H2,1-3H3,(H,35,39)(H,37,38). The van der Waals surface area contributed by atoms with E-state index in [0.29, 0.717) is 41.2 Å². The first-order valence-electron chi connectivity index (χ1n) is 13.4. The van der Waals surface area contributed by atoms with Crippen LogP contribution >= 0.6 is 0 Å². The zero-order valence-electron chi connectivity index (χ0n) is 23.7. The van der Waals surface area contributed by atoms with Crippen molar-refractivity contribution >= 4 is 29.3 Å². The van der Waals surface area contributed by atoms with Crippen molar-refractivity contribution in [3.8, 4) is 16.9 Å². The van der Waals surface area contributed by atoms with E-state index < -0.39 is 24.3 Å². The first-order valence-corrected chi connectivity index (χ1v) is 13.4. The van der Waals surface area contributed by atoms with Crippen molar-refractivity contribution in [3.63, 3.8) is 0 Å². The molecule has 42 heavy (non-hydrogen) atoms. The van der Waals surface area contributed by atoms with Gasteiger partial charge in [0.2, 0.25) is 0 Å². The summed E-state index contributed by atoms with van der Waals surface area (Å²) in [6, 6.07) is 26.7. The van der Waals surface area contributed by atoms with Gasteiger partial charge in [-0.25, -0.2) is 9.59 Å². The lowest BCUT2D eigenvalue weighted by Crippen LogP contribution is -2.38. The molecule has 0 unspecified atom stereocenters. The number of carbonyl (C=O) groups is 3. The smallest absolute Gasteiger partial charge is 0.414 e. The number of aliphatic carboxylic acids is 1. The van der Waals surface area contributed by atoms with E-state index in [4.69, 9.17) is 14.6 Å². The van der Waals surface area contributed by atoms with Crippen molar-refractivity contribution in [2.24, 2.45) is 0 Å². The van der Waals surface area contributed by atoms with Crippen LogP contribution in [-0.4, -0.2) is 46.8 Å². The van der Waals surface area contributed by atoms with Gasteiger partial charge >= 0.3 is 12.1 Å². The Morgan fingerprint density at radius 2 is 1.57 bits per heavy atom. The Hall–Kier alpha value is -5.18. The van der Waals surface area contributed by atoms with Gasteiger partial charge in [-0.3, -0.25) is 14.7 Å². The number of hydrogen-bond acceptors (Lipinski definition) is 6. The van der Waals surface area contributed by atoms with E-state index in [1.54, 1.807) is 71.8 Å². The number of aromatic nitrogens is 1. The van der Waals surface area contributed by atoms with Crippen LogP contribution in [0.1, 0.15) is 36.8 Å². The Kier molecular flexibility index (Phi) is 9.54. The van der Waals surface area contributed by atoms with Crippen LogP contribution in [0.2, 0.25) is 0 Å². The van der Waals surface area contributed by atoms with Crippen LogP contribution in [0.3, 0.4) is 0 Å². The highest BCUT2D eigenvalue weighted by atomic mass is 16.6. The third-order valence-electron chi connectivity index (χ3n) is 6.07. The van der Waals surface area contributed by atoms with Crippen LogP contribution in [0.5, 0.6) is 5.75 Å². The second-order valence-corrected chi connectivity index (χ2v) is 10.5. The summed E-state index contributed by atoms with van der Waals surface area (Å²) < 4.78 is 10.8. The number of ether oxygens (including phenoxy) is 2. The Bertz CT molecular complexity index is 1510. The highest BCUT2D eigenvalue weighted by molar-refractivity contribution is 6.08. The van der Waals surface area contributed by atoms with E-state index in [1.165, 1.54) is 0 Å². The number of rotatable bonds is 10. The van der Waals surface area contributed by atoms with E-state index in [0.717, 1.165) is 11.3 Å². The average molecular weight is 568 g/mol. The lowest BCUT2D eigenvalue weighted by molar-refractivity contribution is -0.139. The number of carboxylic acid groups (broad SMARTS) is 1. The van der Waals surface area contributed by atoms with Gasteiger partial charge in [-0.2, -0.15) is 0 Å². The SMILES string of the molecule is CC(C)(C)OC(=O)N(CCc1ccccn1)c1ccc(NC(=O)c2ccccc2-c2ccc(OCC(=O)O)cc2)cc1. The van der Waals surface area contributed by atoms with Gasteiger partial charge in [-0.05, 0) is 86.5 Å². The highest BCUT2D eigenvalue weighted by Crippen LogP contribution is 2.27. The molecule has 9 heteroatoms. The predicted molar refractivity (Wildman–Crippen MR) is 161 cm³/mol. The van der Waals surface area contributed by atoms with E-state index in [9.17, 15) is 14.4 Å². The number of nitrogens with zero attached hydrogens (tertiary/aromatic N) is 2. The van der Waals surface area contributed by atoms with Crippen molar-refractivity contribution in [2.45, 2.75) is 32.8 Å². The highest BCUT2D eigenvalue weighted by Gasteiger charge is 2.24. The van der Waals surface area contributed by atoms with Crippen LogP contribution in [0, 0.1) is 0 Å². The minimum atomic E-state index is -1.06. The molecule has 1 aromatic heterocycles. The summed E-state index contributed by atoms with van der Waals surface area (Å²) in [5.74, 6) is -0.941. The molecule has 0 radical (unpaired) electrons. The summed E-state index contributed by atoms with van der Waals surface area (Å²) in [6.45, 7) is 5.39. The lowest BCUT2D eigenvalue weighted by atomic mass is 9.99. The number of nitrogens with one attached hydrogen (secondary N) is 1. The molecule has 0 aliphatic rings. The zero-order valence-corrected chi connectivity index (χ0v) is 23.7. The normalized spacial score (nSPS) is 10.9. The molecule has 0 spiro atoms. The maximum absolute atomic E-state index is 13.3. The molecule has 0 bridgehead atoms. The van der Waals surface area contributed by atoms with Gasteiger partial charge < -0.3 is 19.9 Å². The van der Waals surface area contributed by atoms with Crippen molar-refractivity contribution < 1.29 is 29.0 Å². The number of carbonyl (C=O) groups excluding carboxylic acids is 2. The quantitative estimate of drug-likeness (QED) is 0.226. The lowest BCUT2D eigenvalue weighted by Gasteiger charge is -2.27. The molecule has 0 saturated heterocycles. The molecule has 9 nitrogen and oxygen atoms in total. The summed E-state index contributed by atoms with van der Waals surface area (Å²) >= 11 is 0. The van der Waals surface area contributed by atoms with Gasteiger partial charge in [0.1, 0.15) is 11.4 Å². The summed E-state index contributed by atoms with van der Waals surface area (Å²) in [4.78, 5) is 43.0. The molecule has 0 atom stereocenters.